The van der Waals surface area contributed by atoms with Gasteiger partial charge in [0.15, 0.2) is 11.9 Å². The molecule has 0 aromatic heterocycles. The quantitative estimate of drug-likeness (QED) is 0.508. The molecule has 2 aliphatic rings. The maximum Gasteiger partial charge on any atom is 0.306 e. The van der Waals surface area contributed by atoms with Gasteiger partial charge in [0.1, 0.15) is 0 Å². The van der Waals surface area contributed by atoms with E-state index in [1.807, 2.05) is 0 Å². The van der Waals surface area contributed by atoms with Crippen LogP contribution in [0.1, 0.15) is 32.1 Å². The number of ketones is 1. The molecule has 2 atom stereocenters. The zero-order valence-corrected chi connectivity index (χ0v) is 6.91. The number of carbonyl (C=O) groups is 2. The van der Waals surface area contributed by atoms with Crippen LogP contribution in [0.3, 0.4) is 0 Å². The van der Waals surface area contributed by atoms with Gasteiger partial charge in [0.2, 0.25) is 0 Å². The van der Waals surface area contributed by atoms with Gasteiger partial charge in [-0.1, -0.05) is 6.42 Å². The summed E-state index contributed by atoms with van der Waals surface area (Å²) in [6.45, 7) is 0. The third-order valence-corrected chi connectivity index (χ3v) is 2.68. The number of carbonyl (C=O) groups excluding carboxylic acids is 2. The van der Waals surface area contributed by atoms with Gasteiger partial charge in [-0.3, -0.25) is 9.59 Å². The van der Waals surface area contributed by atoms with E-state index >= 15 is 0 Å². The average Bonchev–Trinajstić information content (AvgIpc) is 2.33. The van der Waals surface area contributed by atoms with Crippen molar-refractivity contribution in [2.24, 2.45) is 5.92 Å². The molecule has 0 aromatic carbocycles. The van der Waals surface area contributed by atoms with Crippen LogP contribution in [0.15, 0.2) is 0 Å². The summed E-state index contributed by atoms with van der Waals surface area (Å²) in [5.74, 6) is 0.121. The molecule has 1 aliphatic heterocycles. The van der Waals surface area contributed by atoms with Crippen molar-refractivity contribution in [1.82, 2.24) is 0 Å². The Balaban J connectivity index is 2.14. The second-order valence-corrected chi connectivity index (χ2v) is 3.59. The Morgan fingerprint density at radius 2 is 2.08 bits per heavy atom. The number of fused-ring (bicyclic) bond motifs is 1. The minimum Gasteiger partial charge on any atom is -0.454 e. The minimum atomic E-state index is -0.389. The highest BCUT2D eigenvalue weighted by molar-refractivity contribution is 5.88. The van der Waals surface area contributed by atoms with Crippen molar-refractivity contribution >= 4 is 11.8 Å². The molecule has 0 aromatic rings. The van der Waals surface area contributed by atoms with Gasteiger partial charge in [0, 0.05) is 12.3 Å². The monoisotopic (exact) mass is 168 g/mol. The molecule has 2 fully saturated rings. The van der Waals surface area contributed by atoms with Crippen molar-refractivity contribution < 1.29 is 14.3 Å². The second kappa shape index (κ2) is 2.88. The Labute approximate surface area is 71.1 Å². The Morgan fingerprint density at radius 1 is 1.25 bits per heavy atom. The molecule has 2 unspecified atom stereocenters. The van der Waals surface area contributed by atoms with E-state index in [1.54, 1.807) is 0 Å². The zero-order chi connectivity index (χ0) is 8.55. The van der Waals surface area contributed by atoms with Gasteiger partial charge in [-0.2, -0.15) is 0 Å². The van der Waals surface area contributed by atoms with Crippen LogP contribution in [0.2, 0.25) is 0 Å². The van der Waals surface area contributed by atoms with E-state index in [-0.39, 0.29) is 23.8 Å². The second-order valence-electron chi connectivity index (χ2n) is 3.59. The first-order chi connectivity index (χ1) is 5.77. The Hall–Kier alpha value is -0.860. The summed E-state index contributed by atoms with van der Waals surface area (Å²) in [6, 6.07) is 0. The van der Waals surface area contributed by atoms with Crippen molar-refractivity contribution in [2.75, 3.05) is 0 Å². The molecule has 66 valence electrons. The lowest BCUT2D eigenvalue weighted by molar-refractivity contribution is -0.147. The fourth-order valence-electron chi connectivity index (χ4n) is 2.04. The van der Waals surface area contributed by atoms with E-state index in [9.17, 15) is 9.59 Å². The number of hydrogen-bond donors (Lipinski definition) is 0. The Morgan fingerprint density at radius 3 is 2.92 bits per heavy atom. The highest BCUT2D eigenvalue weighted by atomic mass is 16.6. The van der Waals surface area contributed by atoms with E-state index in [4.69, 9.17) is 4.74 Å². The summed E-state index contributed by atoms with van der Waals surface area (Å²) in [5.41, 5.74) is 0. The number of esters is 1. The van der Waals surface area contributed by atoms with Crippen molar-refractivity contribution in [2.45, 2.75) is 38.2 Å². The van der Waals surface area contributed by atoms with Crippen LogP contribution in [0, 0.1) is 5.92 Å². The lowest BCUT2D eigenvalue weighted by Crippen LogP contribution is -2.24. The summed E-state index contributed by atoms with van der Waals surface area (Å²) in [4.78, 5) is 22.3. The van der Waals surface area contributed by atoms with Gasteiger partial charge < -0.3 is 4.74 Å². The summed E-state index contributed by atoms with van der Waals surface area (Å²) in [5, 5.41) is 0. The first kappa shape index (κ1) is 7.77. The lowest BCUT2D eigenvalue weighted by atomic mass is 9.96. The highest BCUT2D eigenvalue weighted by Gasteiger charge is 2.39. The molecule has 1 aliphatic carbocycles. The standard InChI is InChI=1S/C9H12O3/c10-7-4-2-1-3-6-5-8(11)12-9(6)7/h6,9H,1-5H2. The van der Waals surface area contributed by atoms with Crippen molar-refractivity contribution in [1.29, 1.82) is 0 Å². The predicted molar refractivity (Wildman–Crippen MR) is 41.5 cm³/mol. The molecule has 0 radical (unpaired) electrons. The fourth-order valence-corrected chi connectivity index (χ4v) is 2.04. The molecule has 0 N–H and O–H groups in total. The average molecular weight is 168 g/mol. The first-order valence-corrected chi connectivity index (χ1v) is 4.49. The van der Waals surface area contributed by atoms with Crippen LogP contribution in [0.5, 0.6) is 0 Å². The van der Waals surface area contributed by atoms with Crippen molar-refractivity contribution in [3.05, 3.63) is 0 Å². The number of Topliss-reactive ketones (excluding diaryl/α,β-unsaturated/α-hetero) is 1. The summed E-state index contributed by atoms with van der Waals surface area (Å²) >= 11 is 0. The summed E-state index contributed by atoms with van der Waals surface area (Å²) < 4.78 is 4.97. The topological polar surface area (TPSA) is 43.4 Å². The molecular formula is C9H12O3. The largest absolute Gasteiger partial charge is 0.454 e. The summed E-state index contributed by atoms with van der Waals surface area (Å²) in [7, 11) is 0. The van der Waals surface area contributed by atoms with Gasteiger partial charge in [0.25, 0.3) is 0 Å². The molecule has 12 heavy (non-hydrogen) atoms. The molecule has 0 spiro atoms. The number of hydrogen-bond acceptors (Lipinski definition) is 3. The summed E-state index contributed by atoms with van der Waals surface area (Å²) in [6.07, 6.45) is 3.65. The van der Waals surface area contributed by atoms with E-state index in [0.29, 0.717) is 12.8 Å². The van der Waals surface area contributed by atoms with Gasteiger partial charge in [-0.05, 0) is 12.8 Å². The fraction of sp³-hybridized carbons (Fsp3) is 0.778. The molecule has 1 saturated carbocycles. The Bertz CT molecular complexity index is 222. The third-order valence-electron chi connectivity index (χ3n) is 2.68. The minimum absolute atomic E-state index is 0.128. The van der Waals surface area contributed by atoms with Crippen LogP contribution in [0.4, 0.5) is 0 Å². The molecule has 2 rings (SSSR count). The predicted octanol–water partition coefficient (Wildman–Crippen LogP) is 1.06. The Kier molecular flexibility index (Phi) is 1.87. The lowest BCUT2D eigenvalue weighted by Gasteiger charge is -2.10. The maximum absolute atomic E-state index is 11.4. The normalized spacial score (nSPS) is 35.7. The molecule has 3 nitrogen and oxygen atoms in total. The van der Waals surface area contributed by atoms with E-state index < -0.39 is 0 Å². The van der Waals surface area contributed by atoms with Crippen LogP contribution < -0.4 is 0 Å². The van der Waals surface area contributed by atoms with Gasteiger partial charge in [0.05, 0.1) is 6.42 Å². The van der Waals surface area contributed by atoms with Crippen molar-refractivity contribution in [3.63, 3.8) is 0 Å². The molecule has 0 bridgehead atoms. The number of ether oxygens (including phenoxy) is 1. The molecule has 0 amide bonds. The van der Waals surface area contributed by atoms with Crippen molar-refractivity contribution in [3.8, 4) is 0 Å². The molecular weight excluding hydrogens is 156 g/mol. The van der Waals surface area contributed by atoms with Gasteiger partial charge in [-0.15, -0.1) is 0 Å². The van der Waals surface area contributed by atoms with Crippen LogP contribution in [-0.2, 0) is 14.3 Å². The van der Waals surface area contributed by atoms with Gasteiger partial charge in [-0.25, -0.2) is 0 Å². The maximum atomic E-state index is 11.4. The van der Waals surface area contributed by atoms with Crippen LogP contribution in [0.25, 0.3) is 0 Å². The van der Waals surface area contributed by atoms with Gasteiger partial charge >= 0.3 is 5.97 Å². The van der Waals surface area contributed by atoms with Crippen LogP contribution in [-0.4, -0.2) is 17.9 Å². The van der Waals surface area contributed by atoms with E-state index in [1.165, 1.54) is 0 Å². The molecule has 1 saturated heterocycles. The molecule has 3 heteroatoms. The highest BCUT2D eigenvalue weighted by Crippen LogP contribution is 2.31. The SMILES string of the molecule is O=C1CC2CCCCC(=O)C2O1. The van der Waals surface area contributed by atoms with Crippen LogP contribution >= 0.6 is 0 Å². The smallest absolute Gasteiger partial charge is 0.306 e. The number of rotatable bonds is 0. The first-order valence-electron chi connectivity index (χ1n) is 4.49. The van der Waals surface area contributed by atoms with E-state index in [0.717, 1.165) is 19.3 Å². The third kappa shape index (κ3) is 1.24. The zero-order valence-electron chi connectivity index (χ0n) is 6.91. The molecule has 1 heterocycles. The van der Waals surface area contributed by atoms with E-state index in [2.05, 4.69) is 0 Å².